The maximum Gasteiger partial charge on any atom is 0.0429 e. The Morgan fingerprint density at radius 2 is 1.00 bits per heavy atom. The highest BCUT2D eigenvalue weighted by Crippen LogP contribution is 2.38. The third kappa shape index (κ3) is 4.26. The molecule has 0 atom stereocenters. The molecule has 0 radical (unpaired) electrons. The summed E-state index contributed by atoms with van der Waals surface area (Å²) in [5, 5.41) is 0. The van der Waals surface area contributed by atoms with Gasteiger partial charge in [0, 0.05) is 11.3 Å². The van der Waals surface area contributed by atoms with Crippen molar-refractivity contribution < 1.29 is 0 Å². The van der Waals surface area contributed by atoms with Crippen LogP contribution in [0.5, 0.6) is 0 Å². The largest absolute Gasteiger partial charge is 0.398 e. The van der Waals surface area contributed by atoms with Crippen LogP contribution in [0.4, 0.5) is 5.69 Å². The fraction of sp³-hybridized carbons (Fsp3) is 0.500. The summed E-state index contributed by atoms with van der Waals surface area (Å²) in [6.07, 6.45) is 0. The smallest absolute Gasteiger partial charge is 0.0429 e. The first kappa shape index (κ1) is 19.6. The first-order valence-corrected chi connectivity index (χ1v) is 9.70. The fourth-order valence-corrected chi connectivity index (χ4v) is 3.25. The van der Waals surface area contributed by atoms with E-state index in [0.717, 1.165) is 5.69 Å². The molecule has 0 unspecified atom stereocenters. The summed E-state index contributed by atoms with van der Waals surface area (Å²) < 4.78 is 0. The van der Waals surface area contributed by atoms with Crippen LogP contribution in [0.25, 0.3) is 11.1 Å². The topological polar surface area (TPSA) is 26.0 Å². The molecule has 0 aliphatic heterocycles. The Bertz CT molecular complexity index is 710. The van der Waals surface area contributed by atoms with Crippen LogP contribution in [0.15, 0.2) is 30.3 Å². The number of nitrogens with two attached hydrogens (primary N) is 1. The Hall–Kier alpha value is -1.76. The first-order valence-electron chi connectivity index (χ1n) is 9.70. The van der Waals surface area contributed by atoms with Gasteiger partial charge >= 0.3 is 0 Å². The Morgan fingerprint density at radius 3 is 1.40 bits per heavy atom. The number of hydrogen-bond acceptors (Lipinski definition) is 1. The number of hydrogen-bond donors (Lipinski definition) is 1. The minimum Gasteiger partial charge on any atom is -0.398 e. The van der Waals surface area contributed by atoms with Crippen LogP contribution in [-0.2, 0) is 0 Å². The van der Waals surface area contributed by atoms with Gasteiger partial charge in [-0.3, -0.25) is 0 Å². The van der Waals surface area contributed by atoms with E-state index >= 15 is 0 Å². The van der Waals surface area contributed by atoms with Gasteiger partial charge in [0.1, 0.15) is 0 Å². The van der Waals surface area contributed by atoms with Crippen molar-refractivity contribution in [1.29, 1.82) is 0 Å². The van der Waals surface area contributed by atoms with E-state index in [-0.39, 0.29) is 0 Å². The molecule has 0 amide bonds. The Kier molecular flexibility index (Phi) is 5.98. The van der Waals surface area contributed by atoms with Gasteiger partial charge in [0.25, 0.3) is 0 Å². The molecule has 1 nitrogen and oxygen atoms in total. The van der Waals surface area contributed by atoms with Gasteiger partial charge in [0.2, 0.25) is 0 Å². The number of rotatable bonds is 5. The molecule has 1 heteroatoms. The molecule has 0 aromatic heterocycles. The molecule has 0 heterocycles. The van der Waals surface area contributed by atoms with Gasteiger partial charge in [-0.15, -0.1) is 0 Å². The quantitative estimate of drug-likeness (QED) is 0.564. The minimum atomic E-state index is 0.426. The van der Waals surface area contributed by atoms with Gasteiger partial charge in [-0.05, 0) is 57.6 Å². The summed E-state index contributed by atoms with van der Waals surface area (Å²) in [5.41, 5.74) is 15.4. The lowest BCUT2D eigenvalue weighted by atomic mass is 9.86. The average Bonchev–Trinajstić information content (AvgIpc) is 2.53. The van der Waals surface area contributed by atoms with Crippen LogP contribution in [0.3, 0.4) is 0 Å². The van der Waals surface area contributed by atoms with E-state index in [4.69, 9.17) is 5.73 Å². The predicted molar refractivity (Wildman–Crippen MR) is 113 cm³/mol. The summed E-state index contributed by atoms with van der Waals surface area (Å²) >= 11 is 0. The molecular formula is C24H35N. The highest BCUT2D eigenvalue weighted by molar-refractivity contribution is 5.80. The maximum atomic E-state index is 6.64. The molecule has 0 saturated carbocycles. The van der Waals surface area contributed by atoms with Gasteiger partial charge in [-0.25, -0.2) is 0 Å². The van der Waals surface area contributed by atoms with E-state index in [0.29, 0.717) is 23.7 Å². The zero-order chi connectivity index (χ0) is 18.9. The third-order valence-corrected chi connectivity index (χ3v) is 5.15. The van der Waals surface area contributed by atoms with Crippen molar-refractivity contribution in [3.8, 4) is 11.1 Å². The fourth-order valence-electron chi connectivity index (χ4n) is 3.25. The predicted octanol–water partition coefficient (Wildman–Crippen LogP) is 7.43. The molecule has 0 aliphatic rings. The number of anilines is 1. The highest BCUT2D eigenvalue weighted by Gasteiger charge is 2.16. The molecular weight excluding hydrogens is 302 g/mol. The van der Waals surface area contributed by atoms with Crippen LogP contribution >= 0.6 is 0 Å². The Labute approximate surface area is 154 Å². The van der Waals surface area contributed by atoms with E-state index in [1.165, 1.54) is 33.4 Å². The molecule has 0 saturated heterocycles. The van der Waals surface area contributed by atoms with Crippen molar-refractivity contribution in [3.63, 3.8) is 0 Å². The monoisotopic (exact) mass is 337 g/mol. The van der Waals surface area contributed by atoms with Crippen LogP contribution in [0, 0.1) is 0 Å². The lowest BCUT2D eigenvalue weighted by Gasteiger charge is -2.20. The summed E-state index contributed by atoms with van der Waals surface area (Å²) in [5.74, 6) is 1.94. The zero-order valence-corrected chi connectivity index (χ0v) is 17.3. The van der Waals surface area contributed by atoms with E-state index < -0.39 is 0 Å². The molecule has 2 rings (SSSR count). The standard InChI is InChI=1S/C24H35N/c1-14(2)18-9-19(15(3)4)11-21(10-18)23-13-20(16(5)6)12-22(17(7)8)24(23)25/h9-17H,25H2,1-8H3. The molecule has 2 aromatic carbocycles. The normalized spacial score (nSPS) is 12.0. The average molecular weight is 338 g/mol. The maximum absolute atomic E-state index is 6.64. The van der Waals surface area contributed by atoms with Crippen molar-refractivity contribution >= 4 is 5.69 Å². The van der Waals surface area contributed by atoms with Crippen LogP contribution in [-0.4, -0.2) is 0 Å². The molecule has 0 aliphatic carbocycles. The first-order chi connectivity index (χ1) is 11.6. The highest BCUT2D eigenvalue weighted by atomic mass is 14.6. The number of nitrogen functional groups attached to an aromatic ring is 1. The van der Waals surface area contributed by atoms with Crippen LogP contribution in [0.1, 0.15) is 101 Å². The van der Waals surface area contributed by atoms with Gasteiger partial charge in [0.15, 0.2) is 0 Å². The van der Waals surface area contributed by atoms with Crippen molar-refractivity contribution in [3.05, 3.63) is 52.6 Å². The van der Waals surface area contributed by atoms with Gasteiger partial charge in [0.05, 0.1) is 0 Å². The van der Waals surface area contributed by atoms with Gasteiger partial charge < -0.3 is 5.73 Å². The molecule has 0 fully saturated rings. The minimum absolute atomic E-state index is 0.426. The van der Waals surface area contributed by atoms with Crippen molar-refractivity contribution in [2.24, 2.45) is 0 Å². The van der Waals surface area contributed by atoms with Crippen molar-refractivity contribution in [2.75, 3.05) is 5.73 Å². The zero-order valence-electron chi connectivity index (χ0n) is 17.3. The summed E-state index contributed by atoms with van der Waals surface area (Å²) in [7, 11) is 0. The van der Waals surface area contributed by atoms with E-state index in [9.17, 15) is 0 Å². The summed E-state index contributed by atoms with van der Waals surface area (Å²) in [4.78, 5) is 0. The molecule has 0 spiro atoms. The SMILES string of the molecule is CC(C)c1cc(-c2cc(C(C)C)cc(C(C)C)c2N)cc(C(C)C)c1. The molecule has 0 bridgehead atoms. The van der Waals surface area contributed by atoms with Crippen molar-refractivity contribution in [2.45, 2.75) is 79.1 Å². The second-order valence-electron chi connectivity index (χ2n) is 8.58. The lowest BCUT2D eigenvalue weighted by Crippen LogP contribution is -2.03. The molecule has 2 N–H and O–H groups in total. The summed E-state index contributed by atoms with van der Waals surface area (Å²) in [6, 6.07) is 11.6. The number of benzene rings is 2. The Balaban J connectivity index is 2.76. The molecule has 136 valence electrons. The van der Waals surface area contributed by atoms with E-state index in [2.05, 4.69) is 85.7 Å². The Morgan fingerprint density at radius 1 is 0.560 bits per heavy atom. The van der Waals surface area contributed by atoms with Crippen molar-refractivity contribution in [1.82, 2.24) is 0 Å². The van der Waals surface area contributed by atoms with Crippen LogP contribution < -0.4 is 5.73 Å². The molecule has 2 aromatic rings. The second-order valence-corrected chi connectivity index (χ2v) is 8.58. The lowest BCUT2D eigenvalue weighted by molar-refractivity contribution is 0.832. The van der Waals surface area contributed by atoms with E-state index in [1.807, 2.05) is 0 Å². The summed E-state index contributed by atoms with van der Waals surface area (Å²) in [6.45, 7) is 18.0. The molecule has 25 heavy (non-hydrogen) atoms. The third-order valence-electron chi connectivity index (χ3n) is 5.15. The second kappa shape index (κ2) is 7.64. The van der Waals surface area contributed by atoms with Gasteiger partial charge in [-0.2, -0.15) is 0 Å². The van der Waals surface area contributed by atoms with Gasteiger partial charge in [-0.1, -0.05) is 79.7 Å². The van der Waals surface area contributed by atoms with Crippen LogP contribution in [0.2, 0.25) is 0 Å². The van der Waals surface area contributed by atoms with E-state index in [1.54, 1.807) is 0 Å².